The lowest BCUT2D eigenvalue weighted by molar-refractivity contribution is 0.0454. The van der Waals surface area contributed by atoms with Crippen LogP contribution in [0, 0.1) is 0 Å². The topological polar surface area (TPSA) is 38.5 Å². The molecule has 1 aliphatic heterocycles. The molecule has 1 unspecified atom stereocenters. The average Bonchev–Trinajstić information content (AvgIpc) is 2.06. The van der Waals surface area contributed by atoms with Crippen LogP contribution in [0.4, 0.5) is 0 Å². The van der Waals surface area contributed by atoms with Crippen LogP contribution in [-0.4, -0.2) is 37.9 Å². The number of hydrogen-bond donors (Lipinski definition) is 1. The molecule has 1 aliphatic rings. The Morgan fingerprint density at radius 2 is 2.55 bits per heavy atom. The van der Waals surface area contributed by atoms with Crippen molar-refractivity contribution in [1.29, 1.82) is 0 Å². The summed E-state index contributed by atoms with van der Waals surface area (Å²) in [6.07, 6.45) is 5.45. The van der Waals surface area contributed by atoms with Gasteiger partial charge >= 0.3 is 0 Å². The zero-order valence-corrected chi connectivity index (χ0v) is 6.99. The first-order valence-corrected chi connectivity index (χ1v) is 3.98. The monoisotopic (exact) mass is 156 g/mol. The van der Waals surface area contributed by atoms with Crippen molar-refractivity contribution in [2.24, 2.45) is 5.73 Å². The summed E-state index contributed by atoms with van der Waals surface area (Å²) in [6.45, 7) is 2.43. The number of rotatable bonds is 3. The predicted molar refractivity (Wildman–Crippen MR) is 45.2 cm³/mol. The fourth-order valence-corrected chi connectivity index (χ4v) is 1.33. The van der Waals surface area contributed by atoms with Crippen LogP contribution in [0.15, 0.2) is 12.2 Å². The molecule has 0 aromatic rings. The fourth-order valence-electron chi connectivity index (χ4n) is 1.33. The number of nitrogens with zero attached hydrogens (tertiary/aromatic N) is 1. The molecular weight excluding hydrogens is 140 g/mol. The molecular formula is C8H16N2O. The number of nitrogens with two attached hydrogens (primary N) is 1. The lowest BCUT2D eigenvalue weighted by atomic mass is 10.1. The molecule has 1 heterocycles. The van der Waals surface area contributed by atoms with E-state index >= 15 is 0 Å². The van der Waals surface area contributed by atoms with Crippen molar-refractivity contribution in [3.8, 4) is 0 Å². The second-order valence-electron chi connectivity index (χ2n) is 2.75. The fraction of sp³-hybridized carbons (Fsp3) is 0.750. The van der Waals surface area contributed by atoms with E-state index in [0.717, 1.165) is 13.0 Å². The van der Waals surface area contributed by atoms with Gasteiger partial charge in [-0.05, 0) is 6.42 Å². The van der Waals surface area contributed by atoms with E-state index in [4.69, 9.17) is 10.5 Å². The first-order chi connectivity index (χ1) is 5.38. The van der Waals surface area contributed by atoms with E-state index in [-0.39, 0.29) is 0 Å². The van der Waals surface area contributed by atoms with Crippen molar-refractivity contribution in [3.05, 3.63) is 12.2 Å². The largest absolute Gasteiger partial charge is 0.369 e. The van der Waals surface area contributed by atoms with Gasteiger partial charge in [0.05, 0.1) is 6.73 Å². The summed E-state index contributed by atoms with van der Waals surface area (Å²) < 4.78 is 5.05. The van der Waals surface area contributed by atoms with Gasteiger partial charge in [-0.2, -0.15) is 0 Å². The molecule has 1 atom stereocenters. The van der Waals surface area contributed by atoms with Gasteiger partial charge in [-0.15, -0.1) is 0 Å². The van der Waals surface area contributed by atoms with Crippen LogP contribution < -0.4 is 5.73 Å². The first kappa shape index (κ1) is 8.71. The van der Waals surface area contributed by atoms with E-state index in [1.807, 2.05) is 0 Å². The van der Waals surface area contributed by atoms with Gasteiger partial charge in [0, 0.05) is 26.2 Å². The number of hydrogen-bond acceptors (Lipinski definition) is 3. The van der Waals surface area contributed by atoms with Crippen LogP contribution in [0.1, 0.15) is 6.42 Å². The maximum absolute atomic E-state index is 5.58. The van der Waals surface area contributed by atoms with Crippen molar-refractivity contribution in [3.63, 3.8) is 0 Å². The van der Waals surface area contributed by atoms with Gasteiger partial charge < -0.3 is 10.5 Å². The molecule has 0 aromatic heterocycles. The minimum absolute atomic E-state index is 0.378. The molecule has 64 valence electrons. The molecule has 3 nitrogen and oxygen atoms in total. The maximum atomic E-state index is 5.58. The molecule has 0 amide bonds. The maximum Gasteiger partial charge on any atom is 0.0991 e. The van der Waals surface area contributed by atoms with Crippen molar-refractivity contribution in [2.45, 2.75) is 12.5 Å². The number of ether oxygens (including phenoxy) is 1. The Morgan fingerprint density at radius 3 is 3.18 bits per heavy atom. The Morgan fingerprint density at radius 1 is 1.73 bits per heavy atom. The Labute approximate surface area is 67.8 Å². The Hall–Kier alpha value is -0.380. The van der Waals surface area contributed by atoms with Gasteiger partial charge in [0.25, 0.3) is 0 Å². The molecule has 11 heavy (non-hydrogen) atoms. The minimum atomic E-state index is 0.378. The highest BCUT2D eigenvalue weighted by molar-refractivity contribution is 4.99. The smallest absolute Gasteiger partial charge is 0.0991 e. The van der Waals surface area contributed by atoms with Gasteiger partial charge in [0.1, 0.15) is 0 Å². The molecule has 0 saturated carbocycles. The van der Waals surface area contributed by atoms with Crippen LogP contribution in [0.3, 0.4) is 0 Å². The molecule has 3 heteroatoms. The zero-order valence-electron chi connectivity index (χ0n) is 6.99. The molecule has 0 aliphatic carbocycles. The van der Waals surface area contributed by atoms with E-state index < -0.39 is 0 Å². The van der Waals surface area contributed by atoms with Crippen molar-refractivity contribution in [2.75, 3.05) is 26.9 Å². The lowest BCUT2D eigenvalue weighted by Gasteiger charge is -2.30. The predicted octanol–water partition coefficient (Wildman–Crippen LogP) is 0.180. The molecule has 0 saturated heterocycles. The highest BCUT2D eigenvalue weighted by atomic mass is 16.5. The highest BCUT2D eigenvalue weighted by Gasteiger charge is 2.15. The van der Waals surface area contributed by atoms with Crippen LogP contribution in [0.5, 0.6) is 0 Å². The Balaban J connectivity index is 2.42. The Bertz CT molecular complexity index is 136. The minimum Gasteiger partial charge on any atom is -0.369 e. The standard InChI is InChI=1S/C8H16N2O/c1-11-7-10-5-3-2-4-8(10)6-9/h2,4,8H,3,5-7,9H2,1H3. The molecule has 0 aromatic carbocycles. The van der Waals surface area contributed by atoms with Crippen LogP contribution >= 0.6 is 0 Å². The lowest BCUT2D eigenvalue weighted by Crippen LogP contribution is -2.42. The molecule has 0 spiro atoms. The van der Waals surface area contributed by atoms with Gasteiger partial charge in [-0.1, -0.05) is 12.2 Å². The molecule has 0 radical (unpaired) electrons. The third kappa shape index (κ3) is 2.29. The SMILES string of the molecule is COCN1CCC=CC1CN. The van der Waals surface area contributed by atoms with Gasteiger partial charge in [-0.3, -0.25) is 4.90 Å². The Kier molecular flexibility index (Phi) is 3.56. The van der Waals surface area contributed by atoms with Crippen LogP contribution in [0.25, 0.3) is 0 Å². The van der Waals surface area contributed by atoms with Crippen LogP contribution in [-0.2, 0) is 4.74 Å². The van der Waals surface area contributed by atoms with E-state index in [1.165, 1.54) is 0 Å². The summed E-state index contributed by atoms with van der Waals surface area (Å²) in [5.41, 5.74) is 5.58. The summed E-state index contributed by atoms with van der Waals surface area (Å²) in [5.74, 6) is 0. The highest BCUT2D eigenvalue weighted by Crippen LogP contribution is 2.07. The summed E-state index contributed by atoms with van der Waals surface area (Å²) in [4.78, 5) is 2.24. The van der Waals surface area contributed by atoms with Gasteiger partial charge in [0.15, 0.2) is 0 Å². The van der Waals surface area contributed by atoms with E-state index in [9.17, 15) is 0 Å². The van der Waals surface area contributed by atoms with E-state index in [2.05, 4.69) is 17.1 Å². The summed E-state index contributed by atoms with van der Waals surface area (Å²) >= 11 is 0. The van der Waals surface area contributed by atoms with Crippen molar-refractivity contribution >= 4 is 0 Å². The van der Waals surface area contributed by atoms with E-state index in [0.29, 0.717) is 19.3 Å². The quantitative estimate of drug-likeness (QED) is 0.592. The molecule has 0 fully saturated rings. The molecule has 2 N–H and O–H groups in total. The second-order valence-corrected chi connectivity index (χ2v) is 2.75. The average molecular weight is 156 g/mol. The molecule has 0 bridgehead atoms. The third-order valence-corrected chi connectivity index (χ3v) is 1.95. The summed E-state index contributed by atoms with van der Waals surface area (Å²) in [6, 6.07) is 0.378. The normalized spacial score (nSPS) is 25.8. The zero-order chi connectivity index (χ0) is 8.10. The number of methoxy groups -OCH3 is 1. The molecule has 1 rings (SSSR count). The summed E-state index contributed by atoms with van der Waals surface area (Å²) in [7, 11) is 1.71. The van der Waals surface area contributed by atoms with Crippen molar-refractivity contribution in [1.82, 2.24) is 4.90 Å². The van der Waals surface area contributed by atoms with E-state index in [1.54, 1.807) is 7.11 Å². The second kappa shape index (κ2) is 4.49. The van der Waals surface area contributed by atoms with Crippen LogP contribution in [0.2, 0.25) is 0 Å². The first-order valence-electron chi connectivity index (χ1n) is 3.98. The van der Waals surface area contributed by atoms with Gasteiger partial charge in [0.2, 0.25) is 0 Å². The van der Waals surface area contributed by atoms with Gasteiger partial charge in [-0.25, -0.2) is 0 Å². The summed E-state index contributed by atoms with van der Waals surface area (Å²) in [5, 5.41) is 0. The van der Waals surface area contributed by atoms with Crippen molar-refractivity contribution < 1.29 is 4.74 Å². The third-order valence-electron chi connectivity index (χ3n) is 1.95.